The molecule has 2 rings (SSSR count). The summed E-state index contributed by atoms with van der Waals surface area (Å²) >= 11 is 7.56. The molecule has 0 radical (unpaired) electrons. The summed E-state index contributed by atoms with van der Waals surface area (Å²) in [5, 5.41) is 0.305. The molecule has 94 valence electrons. The summed E-state index contributed by atoms with van der Waals surface area (Å²) in [4.78, 5) is 1.20. The van der Waals surface area contributed by atoms with E-state index in [-0.39, 0.29) is 5.82 Å². The van der Waals surface area contributed by atoms with Gasteiger partial charge in [0.1, 0.15) is 11.6 Å². The summed E-state index contributed by atoms with van der Waals surface area (Å²) in [6, 6.07) is 14.2. The summed E-state index contributed by atoms with van der Waals surface area (Å²) in [5.41, 5.74) is 0. The molecular weight excluding hydrogens is 271 g/mol. The summed E-state index contributed by atoms with van der Waals surface area (Å²) in [5.74, 6) is 0.982. The molecule has 0 aliphatic heterocycles. The van der Waals surface area contributed by atoms with Gasteiger partial charge in [0.05, 0.1) is 11.6 Å². The summed E-state index contributed by atoms with van der Waals surface area (Å²) in [6.07, 6.45) is 0. The average molecular weight is 283 g/mol. The Kier molecular flexibility index (Phi) is 4.90. The van der Waals surface area contributed by atoms with Crippen LogP contribution in [0, 0.1) is 5.82 Å². The average Bonchev–Trinajstić information content (AvgIpc) is 2.38. The highest BCUT2D eigenvalue weighted by Gasteiger charge is 2.02. The first kappa shape index (κ1) is 13.2. The first-order chi connectivity index (χ1) is 8.75. The minimum atomic E-state index is -0.356. The van der Waals surface area contributed by atoms with Gasteiger partial charge in [-0.3, -0.25) is 0 Å². The van der Waals surface area contributed by atoms with E-state index in [0.717, 1.165) is 5.75 Å². The summed E-state index contributed by atoms with van der Waals surface area (Å²) in [7, 11) is 0. The van der Waals surface area contributed by atoms with Gasteiger partial charge < -0.3 is 4.74 Å². The van der Waals surface area contributed by atoms with E-state index in [1.165, 1.54) is 17.0 Å². The zero-order valence-corrected chi connectivity index (χ0v) is 11.2. The van der Waals surface area contributed by atoms with E-state index in [2.05, 4.69) is 12.1 Å². The lowest BCUT2D eigenvalue weighted by Gasteiger charge is -2.07. The van der Waals surface area contributed by atoms with Crippen LogP contribution in [0.2, 0.25) is 5.02 Å². The smallest absolute Gasteiger partial charge is 0.138 e. The van der Waals surface area contributed by atoms with Crippen LogP contribution in [0.3, 0.4) is 0 Å². The first-order valence-corrected chi connectivity index (χ1v) is 6.88. The molecule has 0 N–H and O–H groups in total. The third kappa shape index (κ3) is 3.93. The molecule has 0 unspecified atom stereocenters. The number of hydrogen-bond acceptors (Lipinski definition) is 2. The highest BCUT2D eigenvalue weighted by molar-refractivity contribution is 7.99. The third-order valence-corrected chi connectivity index (χ3v) is 3.52. The Morgan fingerprint density at radius 1 is 1.11 bits per heavy atom. The number of ether oxygens (including phenoxy) is 1. The van der Waals surface area contributed by atoms with E-state index in [9.17, 15) is 4.39 Å². The van der Waals surface area contributed by atoms with E-state index >= 15 is 0 Å². The molecule has 0 aromatic heterocycles. The lowest BCUT2D eigenvalue weighted by Crippen LogP contribution is -2.00. The van der Waals surface area contributed by atoms with Gasteiger partial charge in [0, 0.05) is 10.6 Å². The molecule has 4 heteroatoms. The monoisotopic (exact) mass is 282 g/mol. The summed E-state index contributed by atoms with van der Waals surface area (Å²) < 4.78 is 18.3. The fourth-order valence-electron chi connectivity index (χ4n) is 1.42. The van der Waals surface area contributed by atoms with Crippen molar-refractivity contribution >= 4 is 23.4 Å². The Bertz CT molecular complexity index is 504. The van der Waals surface area contributed by atoms with E-state index in [4.69, 9.17) is 16.3 Å². The van der Waals surface area contributed by atoms with Gasteiger partial charge in [0.15, 0.2) is 0 Å². The molecule has 1 nitrogen and oxygen atoms in total. The molecular formula is C14H12ClFOS. The lowest BCUT2D eigenvalue weighted by molar-refractivity contribution is 0.343. The highest BCUT2D eigenvalue weighted by Crippen LogP contribution is 2.25. The zero-order valence-electron chi connectivity index (χ0n) is 9.61. The molecule has 18 heavy (non-hydrogen) atoms. The number of thioether (sulfide) groups is 1. The van der Waals surface area contributed by atoms with Crippen molar-refractivity contribution in [2.24, 2.45) is 0 Å². The Morgan fingerprint density at radius 3 is 2.61 bits per heavy atom. The van der Waals surface area contributed by atoms with Gasteiger partial charge in [-0.15, -0.1) is 11.8 Å². The molecule has 0 bridgehead atoms. The van der Waals surface area contributed by atoms with Crippen LogP contribution in [-0.4, -0.2) is 12.4 Å². The van der Waals surface area contributed by atoms with Crippen LogP contribution in [0.25, 0.3) is 0 Å². The van der Waals surface area contributed by atoms with Crippen molar-refractivity contribution in [1.29, 1.82) is 0 Å². The van der Waals surface area contributed by atoms with Crippen LogP contribution in [0.4, 0.5) is 4.39 Å². The molecule has 0 amide bonds. The molecule has 2 aromatic carbocycles. The second-order valence-electron chi connectivity index (χ2n) is 3.58. The van der Waals surface area contributed by atoms with Gasteiger partial charge in [-0.2, -0.15) is 0 Å². The van der Waals surface area contributed by atoms with Crippen molar-refractivity contribution < 1.29 is 9.13 Å². The lowest BCUT2D eigenvalue weighted by atomic mass is 10.3. The van der Waals surface area contributed by atoms with Crippen LogP contribution in [-0.2, 0) is 0 Å². The van der Waals surface area contributed by atoms with E-state index in [0.29, 0.717) is 17.4 Å². The fourth-order valence-corrected chi connectivity index (χ4v) is 2.39. The Morgan fingerprint density at radius 2 is 1.89 bits per heavy atom. The topological polar surface area (TPSA) is 9.23 Å². The van der Waals surface area contributed by atoms with Gasteiger partial charge in [0.2, 0.25) is 0 Å². The van der Waals surface area contributed by atoms with Crippen LogP contribution in [0.5, 0.6) is 5.75 Å². The van der Waals surface area contributed by atoms with Crippen LogP contribution < -0.4 is 4.74 Å². The van der Waals surface area contributed by atoms with Crippen molar-refractivity contribution in [1.82, 2.24) is 0 Å². The van der Waals surface area contributed by atoms with Gasteiger partial charge in [0.25, 0.3) is 0 Å². The molecule has 0 aliphatic carbocycles. The van der Waals surface area contributed by atoms with Gasteiger partial charge >= 0.3 is 0 Å². The fraction of sp³-hybridized carbons (Fsp3) is 0.143. The third-order valence-electron chi connectivity index (χ3n) is 2.25. The van der Waals surface area contributed by atoms with Crippen LogP contribution in [0.15, 0.2) is 53.4 Å². The number of benzene rings is 2. The van der Waals surface area contributed by atoms with Crippen molar-refractivity contribution in [3.05, 3.63) is 59.4 Å². The molecule has 0 heterocycles. The second-order valence-corrected chi connectivity index (χ2v) is 5.16. The van der Waals surface area contributed by atoms with E-state index in [1.807, 2.05) is 18.2 Å². The standard InChI is InChI=1S/C14H12ClFOS/c15-13-10-11(16)6-7-14(13)17-8-9-18-12-4-2-1-3-5-12/h1-7,10H,8-9H2. The van der Waals surface area contributed by atoms with E-state index < -0.39 is 0 Å². The molecule has 2 aromatic rings. The first-order valence-electron chi connectivity index (χ1n) is 5.51. The maximum atomic E-state index is 12.8. The molecule has 0 aliphatic rings. The van der Waals surface area contributed by atoms with Gasteiger partial charge in [-0.05, 0) is 30.3 Å². The second kappa shape index (κ2) is 6.66. The Labute approximate surface area is 115 Å². The highest BCUT2D eigenvalue weighted by atomic mass is 35.5. The minimum Gasteiger partial charge on any atom is -0.491 e. The molecule has 0 spiro atoms. The largest absolute Gasteiger partial charge is 0.491 e. The Hall–Kier alpha value is -1.19. The quantitative estimate of drug-likeness (QED) is 0.583. The van der Waals surface area contributed by atoms with Gasteiger partial charge in [-0.25, -0.2) is 4.39 Å². The van der Waals surface area contributed by atoms with E-state index in [1.54, 1.807) is 17.8 Å². The molecule has 0 fully saturated rings. The number of hydrogen-bond donors (Lipinski definition) is 0. The normalized spacial score (nSPS) is 10.3. The maximum Gasteiger partial charge on any atom is 0.138 e. The molecule has 0 atom stereocenters. The SMILES string of the molecule is Fc1ccc(OCCSc2ccccc2)c(Cl)c1. The molecule has 0 saturated carbocycles. The van der Waals surface area contributed by atoms with Crippen LogP contribution >= 0.6 is 23.4 Å². The Balaban J connectivity index is 1.79. The van der Waals surface area contributed by atoms with Crippen molar-refractivity contribution in [2.45, 2.75) is 4.90 Å². The number of rotatable bonds is 5. The van der Waals surface area contributed by atoms with Crippen molar-refractivity contribution in [3.63, 3.8) is 0 Å². The van der Waals surface area contributed by atoms with Crippen molar-refractivity contribution in [2.75, 3.05) is 12.4 Å². The zero-order chi connectivity index (χ0) is 12.8. The maximum absolute atomic E-state index is 12.8. The van der Waals surface area contributed by atoms with Crippen molar-refractivity contribution in [3.8, 4) is 5.75 Å². The van der Waals surface area contributed by atoms with Crippen LogP contribution in [0.1, 0.15) is 0 Å². The summed E-state index contributed by atoms with van der Waals surface area (Å²) in [6.45, 7) is 0.533. The number of halogens is 2. The minimum absolute atomic E-state index is 0.305. The predicted octanol–water partition coefficient (Wildman–Crippen LogP) is 4.65. The predicted molar refractivity (Wildman–Crippen MR) is 74.1 cm³/mol. The molecule has 0 saturated heterocycles. The van der Waals surface area contributed by atoms with Gasteiger partial charge in [-0.1, -0.05) is 29.8 Å².